The fourth-order valence-corrected chi connectivity index (χ4v) is 2.03. The van der Waals surface area contributed by atoms with Gasteiger partial charge < -0.3 is 10.1 Å². The molecule has 0 saturated heterocycles. The minimum Gasteiger partial charge on any atom is -0.444 e. The summed E-state index contributed by atoms with van der Waals surface area (Å²) in [5.41, 5.74) is 0.221. The van der Waals surface area contributed by atoms with Gasteiger partial charge in [0.25, 0.3) is 11.8 Å². The smallest absolute Gasteiger partial charge is 0.407 e. The molecule has 0 spiro atoms. The van der Waals surface area contributed by atoms with Gasteiger partial charge in [-0.05, 0) is 32.9 Å². The Morgan fingerprint density at radius 3 is 2.00 bits per heavy atom. The van der Waals surface area contributed by atoms with Gasteiger partial charge in [0.1, 0.15) is 5.60 Å². The van der Waals surface area contributed by atoms with Gasteiger partial charge in [-0.3, -0.25) is 14.5 Å². The minimum absolute atomic E-state index is 0.117. The van der Waals surface area contributed by atoms with Crippen molar-refractivity contribution in [3.63, 3.8) is 0 Å². The predicted molar refractivity (Wildman–Crippen MR) is 87.4 cm³/mol. The number of nitrogens with one attached hydrogen (secondary N) is 1. The highest BCUT2D eigenvalue weighted by molar-refractivity contribution is 6.21. The summed E-state index contributed by atoms with van der Waals surface area (Å²) < 4.78 is 5.08. The van der Waals surface area contributed by atoms with E-state index in [-0.39, 0.29) is 24.9 Å². The normalized spacial score (nSPS) is 13.2. The number of rotatable bonds is 3. The maximum Gasteiger partial charge on any atom is 0.407 e. The molecular weight excluding hydrogens is 296 g/mol. The first kappa shape index (κ1) is 18.7. The van der Waals surface area contributed by atoms with Gasteiger partial charge in [0.15, 0.2) is 0 Å². The van der Waals surface area contributed by atoms with Gasteiger partial charge in [0.05, 0.1) is 11.1 Å². The zero-order valence-electron chi connectivity index (χ0n) is 14.3. The number of fused-ring (bicyclic) bond motifs is 1. The average Bonchev–Trinajstić information content (AvgIpc) is 2.73. The average molecular weight is 320 g/mol. The van der Waals surface area contributed by atoms with Gasteiger partial charge in [0, 0.05) is 13.1 Å². The quantitative estimate of drug-likeness (QED) is 0.869. The Hall–Kier alpha value is -2.37. The third kappa shape index (κ3) is 4.81. The summed E-state index contributed by atoms with van der Waals surface area (Å²) in [7, 11) is 0. The van der Waals surface area contributed by atoms with Gasteiger partial charge in [-0.2, -0.15) is 0 Å². The number of alkyl carbamates (subject to hydrolysis) is 1. The van der Waals surface area contributed by atoms with Crippen LogP contribution in [-0.4, -0.2) is 41.5 Å². The molecule has 126 valence electrons. The largest absolute Gasteiger partial charge is 0.444 e. The molecule has 0 saturated carbocycles. The lowest BCUT2D eigenvalue weighted by Crippen LogP contribution is -2.40. The number of amides is 3. The van der Waals surface area contributed by atoms with Gasteiger partial charge in [0.2, 0.25) is 0 Å². The summed E-state index contributed by atoms with van der Waals surface area (Å²) >= 11 is 0. The number of benzene rings is 1. The van der Waals surface area contributed by atoms with E-state index >= 15 is 0 Å². The lowest BCUT2D eigenvalue weighted by Gasteiger charge is -2.20. The summed E-state index contributed by atoms with van der Waals surface area (Å²) in [6.45, 7) is 9.55. The first-order valence-electron chi connectivity index (χ1n) is 7.71. The molecule has 1 aromatic rings. The summed E-state index contributed by atoms with van der Waals surface area (Å²) in [6.07, 6.45) is -0.570. The Kier molecular flexibility index (Phi) is 6.30. The number of carbonyl (C=O) groups is 3. The molecule has 6 nitrogen and oxygen atoms in total. The first-order chi connectivity index (χ1) is 10.8. The monoisotopic (exact) mass is 320 g/mol. The first-order valence-corrected chi connectivity index (χ1v) is 7.71. The molecular formula is C17H24N2O4. The lowest BCUT2D eigenvalue weighted by molar-refractivity contribution is 0.0504. The van der Waals surface area contributed by atoms with Crippen LogP contribution < -0.4 is 5.32 Å². The van der Waals surface area contributed by atoms with Crippen LogP contribution in [0.25, 0.3) is 0 Å². The molecule has 0 atom stereocenters. The van der Waals surface area contributed by atoms with E-state index < -0.39 is 11.7 Å². The molecule has 6 heteroatoms. The standard InChI is InChI=1S/C15H18N2O4.C2H6/c1-15(2,3)21-14(20)16-8-9-17-12(18)10-6-4-5-7-11(10)13(17)19;1-2/h4-7H,8-9H2,1-3H3,(H,16,20);1-2H3. The van der Waals surface area contributed by atoms with E-state index in [1.165, 1.54) is 0 Å². The van der Waals surface area contributed by atoms with E-state index in [2.05, 4.69) is 5.32 Å². The minimum atomic E-state index is -0.584. The summed E-state index contributed by atoms with van der Waals surface area (Å²) in [4.78, 5) is 36.8. The molecule has 3 amide bonds. The Morgan fingerprint density at radius 1 is 1.09 bits per heavy atom. The Morgan fingerprint density at radius 2 is 1.57 bits per heavy atom. The fourth-order valence-electron chi connectivity index (χ4n) is 2.03. The van der Waals surface area contributed by atoms with E-state index in [1.54, 1.807) is 45.0 Å². The summed E-state index contributed by atoms with van der Waals surface area (Å²) in [5.74, 6) is -0.664. The van der Waals surface area contributed by atoms with Crippen LogP contribution in [0.3, 0.4) is 0 Å². The van der Waals surface area contributed by atoms with Gasteiger partial charge in [-0.25, -0.2) is 4.79 Å². The molecule has 1 aromatic carbocycles. The van der Waals surface area contributed by atoms with Crippen molar-refractivity contribution in [3.05, 3.63) is 35.4 Å². The molecule has 1 heterocycles. The van der Waals surface area contributed by atoms with Crippen molar-refractivity contribution < 1.29 is 19.1 Å². The van der Waals surface area contributed by atoms with Crippen molar-refractivity contribution in [2.75, 3.05) is 13.1 Å². The SMILES string of the molecule is CC.CC(C)(C)OC(=O)NCCN1C(=O)c2ccccc2C1=O. The molecule has 0 aromatic heterocycles. The second-order valence-corrected chi connectivity index (χ2v) is 5.74. The highest BCUT2D eigenvalue weighted by atomic mass is 16.6. The van der Waals surface area contributed by atoms with Crippen LogP contribution in [0.15, 0.2) is 24.3 Å². The van der Waals surface area contributed by atoms with Crippen molar-refractivity contribution in [1.29, 1.82) is 0 Å². The van der Waals surface area contributed by atoms with Crippen LogP contribution in [0.1, 0.15) is 55.3 Å². The Balaban J connectivity index is 0.00000127. The summed E-state index contributed by atoms with van der Waals surface area (Å²) in [6, 6.07) is 6.67. The van der Waals surface area contributed by atoms with Crippen LogP contribution >= 0.6 is 0 Å². The second-order valence-electron chi connectivity index (χ2n) is 5.74. The van der Waals surface area contributed by atoms with E-state index in [9.17, 15) is 14.4 Å². The number of nitrogens with zero attached hydrogens (tertiary/aromatic N) is 1. The van der Waals surface area contributed by atoms with Crippen LogP contribution in [0.2, 0.25) is 0 Å². The van der Waals surface area contributed by atoms with Gasteiger partial charge >= 0.3 is 6.09 Å². The highest BCUT2D eigenvalue weighted by Crippen LogP contribution is 2.21. The molecule has 0 aliphatic carbocycles. The van der Waals surface area contributed by atoms with Gasteiger partial charge in [-0.1, -0.05) is 26.0 Å². The van der Waals surface area contributed by atoms with Crippen molar-refractivity contribution in [2.24, 2.45) is 0 Å². The van der Waals surface area contributed by atoms with E-state index in [0.29, 0.717) is 11.1 Å². The Bertz CT molecular complexity index is 556. The van der Waals surface area contributed by atoms with Crippen LogP contribution in [0, 0.1) is 0 Å². The molecule has 0 radical (unpaired) electrons. The second kappa shape index (κ2) is 7.76. The number of imide groups is 1. The third-order valence-corrected chi connectivity index (χ3v) is 2.88. The maximum absolute atomic E-state index is 12.1. The van der Waals surface area contributed by atoms with Crippen molar-refractivity contribution in [1.82, 2.24) is 10.2 Å². The van der Waals surface area contributed by atoms with E-state index in [1.807, 2.05) is 13.8 Å². The zero-order valence-corrected chi connectivity index (χ0v) is 14.3. The summed E-state index contributed by atoms with van der Waals surface area (Å²) in [5, 5.41) is 2.53. The molecule has 23 heavy (non-hydrogen) atoms. The van der Waals surface area contributed by atoms with Crippen molar-refractivity contribution in [2.45, 2.75) is 40.2 Å². The molecule has 0 fully saturated rings. The molecule has 1 aliphatic heterocycles. The van der Waals surface area contributed by atoms with Crippen LogP contribution in [0.5, 0.6) is 0 Å². The topological polar surface area (TPSA) is 75.7 Å². The molecule has 2 rings (SSSR count). The third-order valence-electron chi connectivity index (χ3n) is 2.88. The van der Waals surface area contributed by atoms with E-state index in [4.69, 9.17) is 4.74 Å². The number of ether oxygens (including phenoxy) is 1. The fraction of sp³-hybridized carbons (Fsp3) is 0.471. The Labute approximate surface area is 136 Å². The highest BCUT2D eigenvalue weighted by Gasteiger charge is 2.34. The maximum atomic E-state index is 12.1. The molecule has 1 N–H and O–H groups in total. The van der Waals surface area contributed by atoms with E-state index in [0.717, 1.165) is 4.90 Å². The van der Waals surface area contributed by atoms with Crippen LogP contribution in [-0.2, 0) is 4.74 Å². The molecule has 0 unspecified atom stereocenters. The molecule has 1 aliphatic rings. The zero-order chi connectivity index (χ0) is 17.6. The van der Waals surface area contributed by atoms with Crippen LogP contribution in [0.4, 0.5) is 4.79 Å². The lowest BCUT2D eigenvalue weighted by atomic mass is 10.1. The number of hydrogen-bond acceptors (Lipinski definition) is 4. The van der Waals surface area contributed by atoms with Crippen molar-refractivity contribution >= 4 is 17.9 Å². The van der Waals surface area contributed by atoms with Gasteiger partial charge in [-0.15, -0.1) is 0 Å². The van der Waals surface area contributed by atoms with Crippen molar-refractivity contribution in [3.8, 4) is 0 Å². The number of carbonyl (C=O) groups excluding carboxylic acids is 3. The predicted octanol–water partition coefficient (Wildman–Crippen LogP) is 2.83. The molecule has 0 bridgehead atoms. The number of hydrogen-bond donors (Lipinski definition) is 1.